The summed E-state index contributed by atoms with van der Waals surface area (Å²) in [5.74, 6) is 0. The van der Waals surface area contributed by atoms with Crippen molar-refractivity contribution in [1.82, 2.24) is 9.55 Å². The van der Waals surface area contributed by atoms with Gasteiger partial charge in [0.1, 0.15) is 0 Å². The van der Waals surface area contributed by atoms with Gasteiger partial charge in [-0.3, -0.25) is 9.36 Å². The van der Waals surface area contributed by atoms with Gasteiger partial charge in [0.05, 0.1) is 10.9 Å². The van der Waals surface area contributed by atoms with Crippen molar-refractivity contribution in [3.8, 4) is 0 Å². The normalized spacial score (nSPS) is 10.7. The minimum Gasteiger partial charge on any atom is -0.332 e. The Hall–Kier alpha value is -0.690. The smallest absolute Gasteiger partial charge is 0.261 e. The maximum atomic E-state index is 11.8. The first kappa shape index (κ1) is 9.85. The highest BCUT2D eigenvalue weighted by molar-refractivity contribution is 14.1. The van der Waals surface area contributed by atoms with Gasteiger partial charge in [0.2, 0.25) is 0 Å². The Morgan fingerprint density at radius 1 is 1.50 bits per heavy atom. The van der Waals surface area contributed by atoms with Crippen molar-refractivity contribution in [3.05, 3.63) is 36.9 Å². The van der Waals surface area contributed by atoms with Crippen molar-refractivity contribution >= 4 is 45.7 Å². The van der Waals surface area contributed by atoms with E-state index in [2.05, 4.69) is 27.6 Å². The van der Waals surface area contributed by atoms with Crippen LogP contribution >= 0.6 is 34.8 Å². The lowest BCUT2D eigenvalue weighted by atomic mass is 10.2. The average molecular weight is 318 g/mol. The van der Waals surface area contributed by atoms with Gasteiger partial charge in [0, 0.05) is 10.6 Å². The van der Waals surface area contributed by atoms with Crippen LogP contribution in [-0.2, 0) is 7.05 Å². The van der Waals surface area contributed by atoms with E-state index < -0.39 is 0 Å². The molecular formula is C9H7IN2OS. The summed E-state index contributed by atoms with van der Waals surface area (Å²) in [6.45, 7) is 0. The molecule has 0 saturated heterocycles. The van der Waals surface area contributed by atoms with Crippen molar-refractivity contribution < 1.29 is 0 Å². The second kappa shape index (κ2) is 3.47. The highest BCUT2D eigenvalue weighted by Crippen LogP contribution is 2.11. The van der Waals surface area contributed by atoms with Crippen LogP contribution in [0.1, 0.15) is 0 Å². The van der Waals surface area contributed by atoms with E-state index in [4.69, 9.17) is 12.2 Å². The molecule has 1 aromatic carbocycles. The fraction of sp³-hybridized carbons (Fsp3) is 0.111. The van der Waals surface area contributed by atoms with Crippen molar-refractivity contribution in [3.63, 3.8) is 0 Å². The van der Waals surface area contributed by atoms with Crippen LogP contribution in [-0.4, -0.2) is 9.55 Å². The number of aromatic nitrogens is 2. The summed E-state index contributed by atoms with van der Waals surface area (Å²) in [5.41, 5.74) is 0.737. The number of hydrogen-bond donors (Lipinski definition) is 1. The van der Waals surface area contributed by atoms with Crippen molar-refractivity contribution in [1.29, 1.82) is 0 Å². The molecule has 1 aromatic heterocycles. The van der Waals surface area contributed by atoms with Crippen LogP contribution in [0, 0.1) is 8.34 Å². The van der Waals surface area contributed by atoms with Gasteiger partial charge >= 0.3 is 0 Å². The summed E-state index contributed by atoms with van der Waals surface area (Å²) < 4.78 is 2.93. The van der Waals surface area contributed by atoms with E-state index in [1.165, 1.54) is 4.57 Å². The zero-order chi connectivity index (χ0) is 10.3. The van der Waals surface area contributed by atoms with Crippen molar-refractivity contribution in [2.75, 3.05) is 0 Å². The minimum absolute atomic E-state index is 0.0535. The first-order valence-corrected chi connectivity index (χ1v) is 5.47. The van der Waals surface area contributed by atoms with Gasteiger partial charge in [-0.05, 0) is 53.0 Å². The van der Waals surface area contributed by atoms with Gasteiger partial charge in [-0.15, -0.1) is 0 Å². The number of rotatable bonds is 0. The van der Waals surface area contributed by atoms with Gasteiger partial charge in [0.25, 0.3) is 5.56 Å². The van der Waals surface area contributed by atoms with Crippen LogP contribution in [0.25, 0.3) is 10.9 Å². The van der Waals surface area contributed by atoms with Crippen LogP contribution < -0.4 is 5.56 Å². The number of benzene rings is 1. The lowest BCUT2D eigenvalue weighted by molar-refractivity contribution is 0.824. The zero-order valence-electron chi connectivity index (χ0n) is 7.37. The van der Waals surface area contributed by atoms with Crippen LogP contribution in [0.3, 0.4) is 0 Å². The van der Waals surface area contributed by atoms with Crippen LogP contribution in [0.2, 0.25) is 0 Å². The molecular weight excluding hydrogens is 311 g/mol. The Morgan fingerprint density at radius 3 is 2.93 bits per heavy atom. The van der Waals surface area contributed by atoms with Crippen molar-refractivity contribution in [2.24, 2.45) is 7.05 Å². The Bertz CT molecular complexity index is 614. The van der Waals surface area contributed by atoms with E-state index in [9.17, 15) is 4.79 Å². The Labute approximate surface area is 98.9 Å². The predicted octanol–water partition coefficient (Wildman–Crippen LogP) is 2.20. The third-order valence-corrected chi connectivity index (χ3v) is 3.11. The van der Waals surface area contributed by atoms with Gasteiger partial charge in [0.15, 0.2) is 4.77 Å². The fourth-order valence-corrected chi connectivity index (χ4v) is 1.96. The molecule has 0 atom stereocenters. The molecule has 1 N–H and O–H groups in total. The highest BCUT2D eigenvalue weighted by atomic mass is 127. The van der Waals surface area contributed by atoms with E-state index in [-0.39, 0.29) is 5.56 Å². The third-order valence-electron chi connectivity index (χ3n) is 2.06. The molecule has 2 aromatic rings. The summed E-state index contributed by atoms with van der Waals surface area (Å²) in [6.07, 6.45) is 0. The Morgan fingerprint density at radius 2 is 2.21 bits per heavy atom. The van der Waals surface area contributed by atoms with Crippen LogP contribution in [0.4, 0.5) is 0 Å². The molecule has 0 fully saturated rings. The minimum atomic E-state index is -0.0535. The molecule has 0 aliphatic carbocycles. The number of fused-ring (bicyclic) bond motifs is 1. The number of nitrogens with one attached hydrogen (secondary N) is 1. The summed E-state index contributed by atoms with van der Waals surface area (Å²) in [6, 6.07) is 5.66. The molecule has 1 heterocycles. The molecule has 0 aliphatic heterocycles. The van der Waals surface area contributed by atoms with Crippen LogP contribution in [0.5, 0.6) is 0 Å². The first-order chi connectivity index (χ1) is 6.59. The molecule has 3 nitrogen and oxygen atoms in total. The molecule has 0 radical (unpaired) electrons. The lowest BCUT2D eigenvalue weighted by Crippen LogP contribution is -2.18. The summed E-state index contributed by atoms with van der Waals surface area (Å²) >= 11 is 7.18. The maximum absolute atomic E-state index is 11.8. The topological polar surface area (TPSA) is 37.8 Å². The first-order valence-electron chi connectivity index (χ1n) is 3.98. The number of hydrogen-bond acceptors (Lipinski definition) is 2. The fourth-order valence-electron chi connectivity index (χ4n) is 1.27. The molecule has 0 bridgehead atoms. The number of aromatic amines is 1. The van der Waals surface area contributed by atoms with E-state index >= 15 is 0 Å². The second-order valence-corrected chi connectivity index (χ2v) is 4.62. The van der Waals surface area contributed by atoms with Gasteiger partial charge < -0.3 is 4.98 Å². The quantitative estimate of drug-likeness (QED) is 0.597. The Balaban J connectivity index is 3.07. The zero-order valence-corrected chi connectivity index (χ0v) is 10.3. The average Bonchev–Trinajstić information content (AvgIpc) is 2.16. The van der Waals surface area contributed by atoms with Crippen molar-refractivity contribution in [2.45, 2.75) is 0 Å². The molecule has 0 saturated carbocycles. The maximum Gasteiger partial charge on any atom is 0.261 e. The van der Waals surface area contributed by atoms with Gasteiger partial charge in [-0.25, -0.2) is 0 Å². The van der Waals surface area contributed by atoms with Crippen LogP contribution in [0.15, 0.2) is 23.0 Å². The number of nitrogens with zero attached hydrogens (tertiary/aromatic N) is 1. The van der Waals surface area contributed by atoms with Gasteiger partial charge in [-0.1, -0.05) is 0 Å². The summed E-state index contributed by atoms with van der Waals surface area (Å²) in [4.78, 5) is 14.8. The Kier molecular flexibility index (Phi) is 2.44. The molecule has 2 rings (SSSR count). The SMILES string of the molecule is Cn1c(=S)[nH]c2ccc(I)cc2c1=O. The molecule has 0 spiro atoms. The molecule has 5 heteroatoms. The highest BCUT2D eigenvalue weighted by Gasteiger charge is 2.02. The van der Waals surface area contributed by atoms with E-state index in [0.717, 1.165) is 9.09 Å². The summed E-state index contributed by atoms with van der Waals surface area (Å²) in [5, 5.41) is 0.674. The monoisotopic (exact) mass is 318 g/mol. The molecule has 14 heavy (non-hydrogen) atoms. The lowest BCUT2D eigenvalue weighted by Gasteiger charge is -2.02. The largest absolute Gasteiger partial charge is 0.332 e. The second-order valence-electron chi connectivity index (χ2n) is 2.98. The number of halogens is 1. The molecule has 0 unspecified atom stereocenters. The molecule has 0 amide bonds. The predicted molar refractivity (Wildman–Crippen MR) is 67.1 cm³/mol. The standard InChI is InChI=1S/C9H7IN2OS/c1-12-8(13)6-4-5(10)2-3-7(6)11-9(12)14/h2-4H,1H3,(H,11,14). The van der Waals surface area contributed by atoms with E-state index in [1.54, 1.807) is 7.05 Å². The number of H-pyrrole nitrogens is 1. The molecule has 72 valence electrons. The van der Waals surface area contributed by atoms with E-state index in [1.807, 2.05) is 18.2 Å². The van der Waals surface area contributed by atoms with E-state index in [0.29, 0.717) is 10.2 Å². The molecule has 0 aliphatic rings. The third kappa shape index (κ3) is 1.50. The summed E-state index contributed by atoms with van der Waals surface area (Å²) in [7, 11) is 1.67. The van der Waals surface area contributed by atoms with Gasteiger partial charge in [-0.2, -0.15) is 0 Å².